The molecule has 8 nitrogen and oxygen atoms in total. The molecule has 3 rings (SSSR count). The molecule has 0 amide bonds. The van der Waals surface area contributed by atoms with Crippen LogP contribution < -0.4 is 10.5 Å². The average Bonchev–Trinajstić information content (AvgIpc) is 3.34. The quantitative estimate of drug-likeness (QED) is 0.235. The van der Waals surface area contributed by atoms with E-state index in [1.165, 1.54) is 32.1 Å². The van der Waals surface area contributed by atoms with E-state index in [4.69, 9.17) is 19.6 Å². The molecule has 0 fully saturated rings. The topological polar surface area (TPSA) is 117 Å². The molecule has 2 aromatic heterocycles. The summed E-state index contributed by atoms with van der Waals surface area (Å²) in [5, 5.41) is 17.6. The molecular formula is C25H26F6N4O4. The molecule has 14 heteroatoms. The summed E-state index contributed by atoms with van der Waals surface area (Å²) in [5.74, 6) is -2.82. The number of rotatable bonds is 10. The third-order valence-electron chi connectivity index (χ3n) is 5.68. The Morgan fingerprint density at radius 1 is 1.10 bits per heavy atom. The number of allylic oxidation sites excluding steroid dienone is 1. The van der Waals surface area contributed by atoms with Gasteiger partial charge in [0.1, 0.15) is 11.7 Å². The van der Waals surface area contributed by atoms with Gasteiger partial charge in [0, 0.05) is 0 Å². The predicted molar refractivity (Wildman–Crippen MR) is 127 cm³/mol. The summed E-state index contributed by atoms with van der Waals surface area (Å²) in [6, 6.07) is 8.35. The van der Waals surface area contributed by atoms with Crippen LogP contribution in [-0.4, -0.2) is 38.7 Å². The van der Waals surface area contributed by atoms with Crippen LogP contribution in [0.2, 0.25) is 0 Å². The van der Waals surface area contributed by atoms with E-state index >= 15 is 0 Å². The first-order valence-electron chi connectivity index (χ1n) is 11.7. The van der Waals surface area contributed by atoms with Crippen LogP contribution in [0.15, 0.2) is 53.0 Å². The number of aromatic nitrogens is 3. The van der Waals surface area contributed by atoms with Crippen molar-refractivity contribution in [2.45, 2.75) is 64.0 Å². The fourth-order valence-corrected chi connectivity index (χ4v) is 3.45. The molecule has 0 aliphatic heterocycles. The number of alkyl halides is 6. The number of aliphatic hydroxyl groups excluding tert-OH is 1. The van der Waals surface area contributed by atoms with Gasteiger partial charge in [0.05, 0.1) is 18.4 Å². The second-order valence-electron chi connectivity index (χ2n) is 8.50. The first-order chi connectivity index (χ1) is 18.2. The van der Waals surface area contributed by atoms with Crippen molar-refractivity contribution in [3.63, 3.8) is 0 Å². The van der Waals surface area contributed by atoms with Crippen molar-refractivity contribution < 1.29 is 45.3 Å². The van der Waals surface area contributed by atoms with Gasteiger partial charge in [-0.25, -0.2) is 4.98 Å². The molecule has 0 aliphatic rings. The molecule has 0 saturated heterocycles. The number of nitrogens with two attached hydrogens (primary N) is 1. The second-order valence-corrected chi connectivity index (χ2v) is 8.50. The summed E-state index contributed by atoms with van der Waals surface area (Å²) in [4.78, 5) is 3.77. The van der Waals surface area contributed by atoms with Crippen molar-refractivity contribution in [2.75, 3.05) is 5.73 Å². The van der Waals surface area contributed by atoms with E-state index in [1.54, 1.807) is 25.1 Å². The number of pyridine rings is 1. The van der Waals surface area contributed by atoms with Gasteiger partial charge in [-0.05, 0) is 31.9 Å². The molecule has 212 valence electrons. The molecule has 0 radical (unpaired) electrons. The largest absolute Gasteiger partial charge is 0.474 e. The Kier molecular flexibility index (Phi) is 8.91. The minimum absolute atomic E-state index is 0.332. The summed E-state index contributed by atoms with van der Waals surface area (Å²) < 4.78 is 100. The predicted octanol–water partition coefficient (Wildman–Crippen LogP) is 5.82. The Balaban J connectivity index is 2.16. The van der Waals surface area contributed by atoms with Gasteiger partial charge in [0.2, 0.25) is 5.88 Å². The molecule has 3 aromatic rings. The molecule has 3 N–H and O–H groups in total. The van der Waals surface area contributed by atoms with Gasteiger partial charge in [-0.3, -0.25) is 0 Å². The van der Waals surface area contributed by atoms with Crippen LogP contribution in [-0.2, 0) is 23.1 Å². The number of aliphatic hydroxyl groups is 1. The summed E-state index contributed by atoms with van der Waals surface area (Å²) in [5.41, 5.74) is 0.134. The van der Waals surface area contributed by atoms with Gasteiger partial charge in [-0.1, -0.05) is 49.4 Å². The van der Waals surface area contributed by atoms with Crippen molar-refractivity contribution >= 4 is 5.69 Å². The van der Waals surface area contributed by atoms with E-state index in [2.05, 4.69) is 15.2 Å². The standard InChI is InChI=1S/C25H26F6N4O4/c1-4-9-18(36)23(25(29,30)31,37-13-15-10-7-6-8-11-15)22-35-34-21(39-22)19-17(32)12-16(24(26,27)28)20(33-19)38-14(3)5-2/h4,6-12,14,18,36H,5,13,32H2,1-3H3/b9-4+/t14-,18?,23?/m1/s1. The lowest BCUT2D eigenvalue weighted by atomic mass is 9.94. The van der Waals surface area contributed by atoms with Gasteiger partial charge < -0.3 is 24.7 Å². The molecule has 0 aliphatic carbocycles. The number of halogens is 6. The molecule has 0 bridgehead atoms. The van der Waals surface area contributed by atoms with Gasteiger partial charge in [0.15, 0.2) is 5.69 Å². The molecule has 3 atom stereocenters. The van der Waals surface area contributed by atoms with Gasteiger partial charge in [0.25, 0.3) is 17.4 Å². The van der Waals surface area contributed by atoms with E-state index in [9.17, 15) is 31.4 Å². The maximum Gasteiger partial charge on any atom is 0.429 e. The van der Waals surface area contributed by atoms with E-state index in [0.29, 0.717) is 18.1 Å². The Morgan fingerprint density at radius 3 is 2.33 bits per heavy atom. The molecule has 2 unspecified atom stereocenters. The number of anilines is 1. The molecule has 1 aromatic carbocycles. The lowest BCUT2D eigenvalue weighted by molar-refractivity contribution is -0.319. The number of hydrogen-bond acceptors (Lipinski definition) is 8. The van der Waals surface area contributed by atoms with Crippen molar-refractivity contribution in [2.24, 2.45) is 0 Å². The zero-order valence-electron chi connectivity index (χ0n) is 21.0. The lowest BCUT2D eigenvalue weighted by Crippen LogP contribution is -2.53. The lowest BCUT2D eigenvalue weighted by Gasteiger charge is -2.35. The first-order valence-corrected chi connectivity index (χ1v) is 11.7. The highest BCUT2D eigenvalue weighted by Gasteiger charge is 2.65. The number of hydrogen-bond donors (Lipinski definition) is 2. The van der Waals surface area contributed by atoms with Gasteiger partial charge in [-0.15, -0.1) is 10.2 Å². The minimum atomic E-state index is -5.30. The Labute approximate surface area is 219 Å². The summed E-state index contributed by atoms with van der Waals surface area (Å²) in [7, 11) is 0. The Bertz CT molecular complexity index is 1280. The zero-order chi connectivity index (χ0) is 29.0. The number of benzene rings is 1. The van der Waals surface area contributed by atoms with Crippen LogP contribution in [0.5, 0.6) is 5.88 Å². The number of nitrogens with zero attached hydrogens (tertiary/aromatic N) is 3. The molecule has 39 heavy (non-hydrogen) atoms. The van der Waals surface area contributed by atoms with Crippen LogP contribution in [0.3, 0.4) is 0 Å². The third kappa shape index (κ3) is 6.33. The first kappa shape index (κ1) is 29.9. The third-order valence-corrected chi connectivity index (χ3v) is 5.68. The van der Waals surface area contributed by atoms with Crippen LogP contribution in [0.25, 0.3) is 11.6 Å². The fourth-order valence-electron chi connectivity index (χ4n) is 3.45. The normalized spacial score (nSPS) is 15.7. The van der Waals surface area contributed by atoms with Crippen molar-refractivity contribution in [1.82, 2.24) is 15.2 Å². The molecule has 0 saturated carbocycles. The van der Waals surface area contributed by atoms with Crippen molar-refractivity contribution in [1.29, 1.82) is 0 Å². The second kappa shape index (κ2) is 11.6. The summed E-state index contributed by atoms with van der Waals surface area (Å²) >= 11 is 0. The van der Waals surface area contributed by atoms with E-state index in [1.807, 2.05) is 0 Å². The van der Waals surface area contributed by atoms with E-state index in [-0.39, 0.29) is 0 Å². The Hall–Kier alpha value is -3.65. The number of nitrogen functional groups attached to an aromatic ring is 1. The monoisotopic (exact) mass is 560 g/mol. The highest BCUT2D eigenvalue weighted by Crippen LogP contribution is 2.47. The van der Waals surface area contributed by atoms with Crippen LogP contribution >= 0.6 is 0 Å². The van der Waals surface area contributed by atoms with Crippen LogP contribution in [0, 0.1) is 0 Å². The van der Waals surface area contributed by atoms with Gasteiger partial charge in [-0.2, -0.15) is 26.3 Å². The van der Waals surface area contributed by atoms with E-state index < -0.39 is 71.4 Å². The molecule has 0 spiro atoms. The molecular weight excluding hydrogens is 534 g/mol. The molecule has 2 heterocycles. The van der Waals surface area contributed by atoms with Crippen molar-refractivity contribution in [3.05, 3.63) is 65.6 Å². The van der Waals surface area contributed by atoms with Gasteiger partial charge >= 0.3 is 12.4 Å². The fraction of sp³-hybridized carbons (Fsp3) is 0.400. The highest BCUT2D eigenvalue weighted by atomic mass is 19.4. The van der Waals surface area contributed by atoms with E-state index in [0.717, 1.165) is 6.08 Å². The minimum Gasteiger partial charge on any atom is -0.474 e. The van der Waals surface area contributed by atoms with Crippen LogP contribution in [0.4, 0.5) is 32.0 Å². The SMILES string of the molecule is C/C=C/C(O)C(OCc1ccccc1)(c1nnc(-c2nc(O[C@H](C)CC)c(C(F)(F)F)cc2N)o1)C(F)(F)F. The van der Waals surface area contributed by atoms with Crippen LogP contribution in [0.1, 0.15) is 44.2 Å². The Morgan fingerprint density at radius 2 is 1.77 bits per heavy atom. The maximum absolute atomic E-state index is 14.6. The average molecular weight is 560 g/mol. The summed E-state index contributed by atoms with van der Waals surface area (Å²) in [6.07, 6.45) is -10.9. The number of ether oxygens (including phenoxy) is 2. The zero-order valence-corrected chi connectivity index (χ0v) is 21.0. The smallest absolute Gasteiger partial charge is 0.429 e. The highest BCUT2D eigenvalue weighted by molar-refractivity contribution is 5.68. The van der Waals surface area contributed by atoms with Crippen molar-refractivity contribution in [3.8, 4) is 17.5 Å². The summed E-state index contributed by atoms with van der Waals surface area (Å²) in [6.45, 7) is 3.95. The maximum atomic E-state index is 14.6.